The summed E-state index contributed by atoms with van der Waals surface area (Å²) in [5.41, 5.74) is 2.76. The quantitative estimate of drug-likeness (QED) is 0.511. The Kier molecular flexibility index (Phi) is 8.94. The first-order valence-corrected chi connectivity index (χ1v) is 9.89. The summed E-state index contributed by atoms with van der Waals surface area (Å²) in [7, 11) is 0. The Morgan fingerprint density at radius 1 is 1.08 bits per heavy atom. The van der Waals surface area contributed by atoms with E-state index in [1.165, 1.54) is 30.4 Å². The number of rotatable bonds is 10. The number of allylic oxidation sites excluding steroid dienone is 1. The number of hydrogen-bond acceptors (Lipinski definition) is 2. The maximum atomic E-state index is 12.0. The third-order valence-electron chi connectivity index (χ3n) is 4.95. The molecule has 1 aromatic rings. The molecule has 2 amide bonds. The molecule has 0 spiro atoms. The molecule has 142 valence electrons. The molecule has 0 bridgehead atoms. The first-order chi connectivity index (χ1) is 12.6. The Hall–Kier alpha value is -2.10. The minimum absolute atomic E-state index is 0.0289. The van der Waals surface area contributed by atoms with Crippen molar-refractivity contribution in [1.82, 2.24) is 10.2 Å². The van der Waals surface area contributed by atoms with Gasteiger partial charge in [0.1, 0.15) is 0 Å². The summed E-state index contributed by atoms with van der Waals surface area (Å²) >= 11 is 0. The molecule has 1 N–H and O–H groups in total. The van der Waals surface area contributed by atoms with Gasteiger partial charge in [0.05, 0.1) is 0 Å². The average molecular weight is 357 g/mol. The van der Waals surface area contributed by atoms with Crippen molar-refractivity contribution < 1.29 is 9.59 Å². The van der Waals surface area contributed by atoms with Gasteiger partial charge in [-0.15, -0.1) is 0 Å². The van der Waals surface area contributed by atoms with Crippen LogP contribution in [-0.4, -0.2) is 36.3 Å². The van der Waals surface area contributed by atoms with Crippen molar-refractivity contribution in [2.24, 2.45) is 0 Å². The molecule has 0 fully saturated rings. The third kappa shape index (κ3) is 7.85. The van der Waals surface area contributed by atoms with Crippen LogP contribution >= 0.6 is 0 Å². The van der Waals surface area contributed by atoms with E-state index in [0.717, 1.165) is 32.2 Å². The van der Waals surface area contributed by atoms with Crippen LogP contribution in [0.15, 0.2) is 42.0 Å². The first kappa shape index (κ1) is 20.2. The van der Waals surface area contributed by atoms with Crippen LogP contribution in [0, 0.1) is 0 Å². The van der Waals surface area contributed by atoms with Gasteiger partial charge in [0.2, 0.25) is 11.8 Å². The van der Waals surface area contributed by atoms with Crippen molar-refractivity contribution in [2.75, 3.05) is 19.6 Å². The Balaban J connectivity index is 1.61. The van der Waals surface area contributed by atoms with Gasteiger partial charge >= 0.3 is 0 Å². The number of nitrogens with one attached hydrogen (secondary N) is 1. The van der Waals surface area contributed by atoms with Crippen molar-refractivity contribution in [1.29, 1.82) is 0 Å². The van der Waals surface area contributed by atoms with Crippen LogP contribution in [-0.2, 0) is 16.0 Å². The highest BCUT2D eigenvalue weighted by Crippen LogP contribution is 2.20. The van der Waals surface area contributed by atoms with Gasteiger partial charge in [-0.05, 0) is 50.5 Å². The summed E-state index contributed by atoms with van der Waals surface area (Å²) < 4.78 is 0. The zero-order valence-corrected chi connectivity index (χ0v) is 16.0. The maximum absolute atomic E-state index is 12.0. The zero-order valence-electron chi connectivity index (χ0n) is 16.0. The van der Waals surface area contributed by atoms with Gasteiger partial charge in [-0.25, -0.2) is 0 Å². The van der Waals surface area contributed by atoms with Gasteiger partial charge in [0.15, 0.2) is 0 Å². The van der Waals surface area contributed by atoms with E-state index >= 15 is 0 Å². The number of amides is 2. The van der Waals surface area contributed by atoms with Gasteiger partial charge in [-0.3, -0.25) is 9.59 Å². The molecule has 1 aromatic carbocycles. The summed E-state index contributed by atoms with van der Waals surface area (Å²) in [4.78, 5) is 25.7. The molecule has 4 nitrogen and oxygen atoms in total. The van der Waals surface area contributed by atoms with Gasteiger partial charge in [0.25, 0.3) is 0 Å². The monoisotopic (exact) mass is 356 g/mol. The fraction of sp³-hybridized carbons (Fsp3) is 0.545. The summed E-state index contributed by atoms with van der Waals surface area (Å²) in [6, 6.07) is 10.3. The number of nitrogens with zero attached hydrogens (tertiary/aromatic N) is 1. The van der Waals surface area contributed by atoms with Gasteiger partial charge in [-0.2, -0.15) is 0 Å². The Morgan fingerprint density at radius 3 is 2.58 bits per heavy atom. The number of carbonyl (C=O) groups is 2. The van der Waals surface area contributed by atoms with Gasteiger partial charge < -0.3 is 10.2 Å². The normalized spacial score (nSPS) is 13.8. The second-order valence-corrected chi connectivity index (χ2v) is 7.05. The zero-order chi connectivity index (χ0) is 18.6. The Bertz CT molecular complexity index is 595. The molecule has 1 aliphatic rings. The summed E-state index contributed by atoms with van der Waals surface area (Å²) in [6.07, 6.45) is 10.4. The number of aryl methyl sites for hydroxylation is 1. The second-order valence-electron chi connectivity index (χ2n) is 7.05. The van der Waals surface area contributed by atoms with Crippen molar-refractivity contribution in [2.45, 2.75) is 58.3 Å². The number of benzene rings is 1. The standard InChI is InChI=1S/C22H32N2O2/c1-19(25)24(17-14-21-11-6-3-7-12-21)18-15-22(26)23-16-8-13-20-9-4-2-5-10-20/h2,4-5,9-11H,3,6-8,12-18H2,1H3,(H,23,26). The molecule has 2 rings (SSSR count). The molecule has 0 aliphatic heterocycles. The summed E-state index contributed by atoms with van der Waals surface area (Å²) in [5, 5.41) is 2.96. The van der Waals surface area contributed by atoms with Crippen LogP contribution in [0.5, 0.6) is 0 Å². The minimum atomic E-state index is 0.0289. The van der Waals surface area contributed by atoms with Crippen LogP contribution in [0.25, 0.3) is 0 Å². The highest BCUT2D eigenvalue weighted by Gasteiger charge is 2.12. The summed E-state index contributed by atoms with van der Waals surface area (Å²) in [5.74, 6) is 0.0829. The molecular formula is C22H32N2O2. The maximum Gasteiger partial charge on any atom is 0.221 e. The van der Waals surface area contributed by atoms with E-state index in [9.17, 15) is 9.59 Å². The smallest absolute Gasteiger partial charge is 0.221 e. The molecule has 0 atom stereocenters. The van der Waals surface area contributed by atoms with E-state index in [2.05, 4.69) is 23.5 Å². The molecule has 0 aromatic heterocycles. The molecule has 0 saturated carbocycles. The van der Waals surface area contributed by atoms with Crippen molar-refractivity contribution >= 4 is 11.8 Å². The summed E-state index contributed by atoms with van der Waals surface area (Å²) in [6.45, 7) is 3.50. The van der Waals surface area contributed by atoms with Crippen LogP contribution in [0.3, 0.4) is 0 Å². The largest absolute Gasteiger partial charge is 0.356 e. The van der Waals surface area contributed by atoms with Crippen LogP contribution in [0.1, 0.15) is 57.4 Å². The minimum Gasteiger partial charge on any atom is -0.356 e. The van der Waals surface area contributed by atoms with Crippen LogP contribution < -0.4 is 5.32 Å². The van der Waals surface area contributed by atoms with Crippen molar-refractivity contribution in [3.8, 4) is 0 Å². The predicted octanol–water partition coefficient (Wildman–Crippen LogP) is 3.86. The molecule has 0 unspecified atom stereocenters. The highest BCUT2D eigenvalue weighted by atomic mass is 16.2. The molecule has 0 heterocycles. The van der Waals surface area contributed by atoms with E-state index in [-0.39, 0.29) is 11.8 Å². The van der Waals surface area contributed by atoms with Crippen molar-refractivity contribution in [3.63, 3.8) is 0 Å². The van der Waals surface area contributed by atoms with E-state index in [4.69, 9.17) is 0 Å². The van der Waals surface area contributed by atoms with E-state index in [1.807, 2.05) is 18.2 Å². The number of carbonyl (C=O) groups excluding carboxylic acids is 2. The molecule has 0 saturated heterocycles. The highest BCUT2D eigenvalue weighted by molar-refractivity contribution is 5.78. The van der Waals surface area contributed by atoms with E-state index in [1.54, 1.807) is 11.8 Å². The van der Waals surface area contributed by atoms with E-state index < -0.39 is 0 Å². The SMILES string of the molecule is CC(=O)N(CCC(=O)NCCCc1ccccc1)CCC1=CCCCC1. The topological polar surface area (TPSA) is 49.4 Å². The Morgan fingerprint density at radius 2 is 1.88 bits per heavy atom. The third-order valence-corrected chi connectivity index (χ3v) is 4.95. The van der Waals surface area contributed by atoms with Crippen LogP contribution in [0.2, 0.25) is 0 Å². The van der Waals surface area contributed by atoms with Crippen LogP contribution in [0.4, 0.5) is 0 Å². The molecule has 1 aliphatic carbocycles. The molecule has 26 heavy (non-hydrogen) atoms. The second kappa shape index (κ2) is 11.5. The average Bonchev–Trinajstić information content (AvgIpc) is 2.66. The molecule has 4 heteroatoms. The fourth-order valence-corrected chi connectivity index (χ4v) is 3.33. The Labute approximate surface area is 157 Å². The van der Waals surface area contributed by atoms with Gasteiger partial charge in [-0.1, -0.05) is 42.0 Å². The molecular weight excluding hydrogens is 324 g/mol. The first-order valence-electron chi connectivity index (χ1n) is 9.89. The lowest BCUT2D eigenvalue weighted by Crippen LogP contribution is -2.35. The lowest BCUT2D eigenvalue weighted by atomic mass is 9.97. The van der Waals surface area contributed by atoms with Crippen molar-refractivity contribution in [3.05, 3.63) is 47.5 Å². The fourth-order valence-electron chi connectivity index (χ4n) is 3.33. The predicted molar refractivity (Wildman–Crippen MR) is 106 cm³/mol. The molecule has 0 radical (unpaired) electrons. The lowest BCUT2D eigenvalue weighted by molar-refractivity contribution is -0.129. The number of hydrogen-bond donors (Lipinski definition) is 1. The van der Waals surface area contributed by atoms with Gasteiger partial charge in [0, 0.05) is 33.0 Å². The van der Waals surface area contributed by atoms with E-state index in [0.29, 0.717) is 19.5 Å². The lowest BCUT2D eigenvalue weighted by Gasteiger charge is -2.22.